The van der Waals surface area contributed by atoms with Crippen molar-refractivity contribution in [3.8, 4) is 0 Å². The van der Waals surface area contributed by atoms with Crippen LogP contribution in [0.25, 0.3) is 0 Å². The number of hydrogen-bond acceptors (Lipinski definition) is 1. The third kappa shape index (κ3) is 1.26. The highest BCUT2D eigenvalue weighted by Gasteiger charge is 2.19. The van der Waals surface area contributed by atoms with Crippen molar-refractivity contribution in [1.29, 1.82) is 0 Å². The van der Waals surface area contributed by atoms with Gasteiger partial charge >= 0.3 is 0 Å². The van der Waals surface area contributed by atoms with Gasteiger partial charge in [-0.05, 0) is 17.7 Å². The van der Waals surface area contributed by atoms with Gasteiger partial charge < -0.3 is 4.74 Å². The van der Waals surface area contributed by atoms with Crippen LogP contribution in [0, 0.1) is 5.82 Å². The first-order chi connectivity index (χ1) is 5.36. The van der Waals surface area contributed by atoms with E-state index in [2.05, 4.69) is 0 Å². The van der Waals surface area contributed by atoms with Gasteiger partial charge in [0.15, 0.2) is 0 Å². The molecule has 0 radical (unpaired) electrons. The standard InChI is InChI=1S/C9H9FO/c10-8-3-1-7(2-4-8)9-5-6-11-9/h1-4,9H,5-6H2/t9-/m1/s1. The van der Waals surface area contributed by atoms with Crippen LogP contribution in [-0.4, -0.2) is 6.61 Å². The lowest BCUT2D eigenvalue weighted by atomic mass is 10.0. The van der Waals surface area contributed by atoms with Gasteiger partial charge in [0.25, 0.3) is 0 Å². The highest BCUT2D eigenvalue weighted by atomic mass is 19.1. The quantitative estimate of drug-likeness (QED) is 0.599. The molecule has 1 saturated heterocycles. The topological polar surface area (TPSA) is 9.23 Å². The molecule has 1 atom stereocenters. The molecule has 1 nitrogen and oxygen atoms in total. The van der Waals surface area contributed by atoms with E-state index in [1.54, 1.807) is 12.1 Å². The maximum Gasteiger partial charge on any atom is 0.123 e. The number of halogens is 1. The zero-order valence-electron chi connectivity index (χ0n) is 6.09. The number of rotatable bonds is 1. The molecule has 1 aromatic carbocycles. The highest BCUT2D eigenvalue weighted by Crippen LogP contribution is 2.28. The number of benzene rings is 1. The van der Waals surface area contributed by atoms with Gasteiger partial charge in [0.2, 0.25) is 0 Å². The Bertz CT molecular complexity index is 238. The molecule has 1 aliphatic rings. The van der Waals surface area contributed by atoms with Gasteiger partial charge in [-0.15, -0.1) is 0 Å². The van der Waals surface area contributed by atoms with Crippen LogP contribution in [-0.2, 0) is 4.74 Å². The largest absolute Gasteiger partial charge is 0.373 e. The van der Waals surface area contributed by atoms with E-state index in [-0.39, 0.29) is 11.9 Å². The summed E-state index contributed by atoms with van der Waals surface area (Å²) in [6.45, 7) is 0.835. The predicted octanol–water partition coefficient (Wildman–Crippen LogP) is 2.29. The zero-order chi connectivity index (χ0) is 7.68. The Morgan fingerprint density at radius 3 is 2.36 bits per heavy atom. The summed E-state index contributed by atoms with van der Waals surface area (Å²) in [7, 11) is 0. The Morgan fingerprint density at radius 2 is 1.91 bits per heavy atom. The molecule has 0 amide bonds. The van der Waals surface area contributed by atoms with E-state index in [1.807, 2.05) is 0 Å². The molecule has 0 aliphatic carbocycles. The third-order valence-corrected chi connectivity index (χ3v) is 1.94. The molecule has 1 aliphatic heterocycles. The average Bonchev–Trinajstić information content (AvgIpc) is 1.90. The maximum atomic E-state index is 12.4. The van der Waals surface area contributed by atoms with Crippen molar-refractivity contribution in [2.75, 3.05) is 6.61 Å². The molecule has 58 valence electrons. The van der Waals surface area contributed by atoms with Crippen LogP contribution in [0.2, 0.25) is 0 Å². The zero-order valence-corrected chi connectivity index (χ0v) is 6.09. The molecular formula is C9H9FO. The summed E-state index contributed by atoms with van der Waals surface area (Å²) in [4.78, 5) is 0. The molecule has 1 fully saturated rings. The molecule has 2 heteroatoms. The summed E-state index contributed by atoms with van der Waals surface area (Å²) in [6.07, 6.45) is 1.28. The molecule has 0 bridgehead atoms. The lowest BCUT2D eigenvalue weighted by Crippen LogP contribution is -2.17. The molecular weight excluding hydrogens is 143 g/mol. The normalized spacial score (nSPS) is 22.8. The fourth-order valence-corrected chi connectivity index (χ4v) is 1.18. The van der Waals surface area contributed by atoms with Crippen molar-refractivity contribution in [3.63, 3.8) is 0 Å². The Morgan fingerprint density at radius 1 is 1.27 bits per heavy atom. The van der Waals surface area contributed by atoms with Gasteiger partial charge in [-0.3, -0.25) is 0 Å². The van der Waals surface area contributed by atoms with Gasteiger partial charge in [0.1, 0.15) is 5.82 Å². The summed E-state index contributed by atoms with van der Waals surface area (Å²) in [6, 6.07) is 6.49. The first kappa shape index (κ1) is 6.80. The molecule has 1 aromatic rings. The fraction of sp³-hybridized carbons (Fsp3) is 0.333. The first-order valence-electron chi connectivity index (χ1n) is 3.73. The summed E-state index contributed by atoms with van der Waals surface area (Å²) < 4.78 is 17.7. The Hall–Kier alpha value is -0.890. The lowest BCUT2D eigenvalue weighted by Gasteiger charge is -2.26. The molecule has 0 N–H and O–H groups in total. The van der Waals surface area contributed by atoms with E-state index in [9.17, 15) is 4.39 Å². The molecule has 11 heavy (non-hydrogen) atoms. The van der Waals surface area contributed by atoms with Gasteiger partial charge in [0.05, 0.1) is 12.7 Å². The van der Waals surface area contributed by atoms with Gasteiger partial charge in [-0.1, -0.05) is 12.1 Å². The third-order valence-electron chi connectivity index (χ3n) is 1.94. The predicted molar refractivity (Wildman–Crippen MR) is 39.7 cm³/mol. The van der Waals surface area contributed by atoms with Crippen LogP contribution in [0.4, 0.5) is 4.39 Å². The van der Waals surface area contributed by atoms with Crippen molar-refractivity contribution >= 4 is 0 Å². The van der Waals surface area contributed by atoms with Crippen molar-refractivity contribution in [2.24, 2.45) is 0 Å². The van der Waals surface area contributed by atoms with Gasteiger partial charge in [0, 0.05) is 6.42 Å². The van der Waals surface area contributed by atoms with E-state index >= 15 is 0 Å². The highest BCUT2D eigenvalue weighted by molar-refractivity contribution is 5.19. The summed E-state index contributed by atoms with van der Waals surface area (Å²) in [5, 5.41) is 0. The van der Waals surface area contributed by atoms with Crippen LogP contribution in [0.15, 0.2) is 24.3 Å². The molecule has 0 spiro atoms. The summed E-state index contributed by atoms with van der Waals surface area (Å²) in [5.41, 5.74) is 1.08. The Balaban J connectivity index is 2.18. The molecule has 1 heterocycles. The first-order valence-corrected chi connectivity index (χ1v) is 3.73. The monoisotopic (exact) mass is 152 g/mol. The maximum absolute atomic E-state index is 12.4. The van der Waals surface area contributed by atoms with Gasteiger partial charge in [-0.2, -0.15) is 0 Å². The van der Waals surface area contributed by atoms with E-state index in [0.717, 1.165) is 18.6 Å². The van der Waals surface area contributed by atoms with Crippen LogP contribution >= 0.6 is 0 Å². The van der Waals surface area contributed by atoms with E-state index in [0.29, 0.717) is 0 Å². The van der Waals surface area contributed by atoms with Crippen LogP contribution in [0.1, 0.15) is 18.1 Å². The van der Waals surface area contributed by atoms with E-state index in [4.69, 9.17) is 4.74 Å². The van der Waals surface area contributed by atoms with E-state index < -0.39 is 0 Å². The van der Waals surface area contributed by atoms with Crippen molar-refractivity contribution < 1.29 is 9.13 Å². The second-order valence-corrected chi connectivity index (χ2v) is 2.70. The number of hydrogen-bond donors (Lipinski definition) is 0. The molecule has 0 unspecified atom stereocenters. The second kappa shape index (κ2) is 2.62. The van der Waals surface area contributed by atoms with E-state index in [1.165, 1.54) is 12.1 Å². The molecule has 0 aromatic heterocycles. The van der Waals surface area contributed by atoms with Crippen LogP contribution in [0.5, 0.6) is 0 Å². The minimum atomic E-state index is -0.187. The Kier molecular flexibility index (Phi) is 1.62. The number of ether oxygens (including phenoxy) is 1. The molecule has 2 rings (SSSR count). The SMILES string of the molecule is Fc1ccc([C@H]2CCO2)cc1. The smallest absolute Gasteiger partial charge is 0.123 e. The lowest BCUT2D eigenvalue weighted by molar-refractivity contribution is -0.0527. The minimum Gasteiger partial charge on any atom is -0.373 e. The van der Waals surface area contributed by atoms with Crippen LogP contribution in [0.3, 0.4) is 0 Å². The van der Waals surface area contributed by atoms with Crippen molar-refractivity contribution in [1.82, 2.24) is 0 Å². The average molecular weight is 152 g/mol. The molecule has 0 saturated carbocycles. The van der Waals surface area contributed by atoms with Crippen molar-refractivity contribution in [3.05, 3.63) is 35.6 Å². The Labute approximate surface area is 64.8 Å². The summed E-state index contributed by atoms with van der Waals surface area (Å²) in [5.74, 6) is -0.187. The van der Waals surface area contributed by atoms with Gasteiger partial charge in [-0.25, -0.2) is 4.39 Å². The summed E-state index contributed by atoms with van der Waals surface area (Å²) >= 11 is 0. The van der Waals surface area contributed by atoms with Crippen molar-refractivity contribution in [2.45, 2.75) is 12.5 Å². The minimum absolute atomic E-state index is 0.187. The second-order valence-electron chi connectivity index (χ2n) is 2.70. The fourth-order valence-electron chi connectivity index (χ4n) is 1.18. The van der Waals surface area contributed by atoms with Crippen LogP contribution < -0.4 is 0 Å².